The van der Waals surface area contributed by atoms with Crippen LogP contribution in [0.4, 0.5) is 0 Å². The first kappa shape index (κ1) is 14.8. The number of carbonyl (C=O) groups is 1. The summed E-state index contributed by atoms with van der Waals surface area (Å²) in [7, 11) is 0. The van der Waals surface area contributed by atoms with E-state index in [4.69, 9.17) is 16.3 Å². The molecule has 5 heteroatoms. The molecule has 104 valence electrons. The van der Waals surface area contributed by atoms with Gasteiger partial charge in [-0.2, -0.15) is 0 Å². The number of hydrogen-bond donors (Lipinski definition) is 0. The highest BCUT2D eigenvalue weighted by Gasteiger charge is 2.24. The van der Waals surface area contributed by atoms with Crippen LogP contribution < -0.4 is 0 Å². The second-order valence-corrected chi connectivity index (χ2v) is 5.96. The highest BCUT2D eigenvalue weighted by Crippen LogP contribution is 2.22. The molecule has 0 aliphatic carbocycles. The highest BCUT2D eigenvalue weighted by molar-refractivity contribution is 9.10. The second kappa shape index (κ2) is 6.73. The molecule has 0 spiro atoms. The Labute approximate surface area is 127 Å². The lowest BCUT2D eigenvalue weighted by atomic mass is 10.1. The summed E-state index contributed by atoms with van der Waals surface area (Å²) in [5.74, 6) is 0.0400. The molecule has 0 aromatic heterocycles. The van der Waals surface area contributed by atoms with Gasteiger partial charge in [0.2, 0.25) is 0 Å². The van der Waals surface area contributed by atoms with E-state index in [9.17, 15) is 4.79 Å². The standard InChI is InChI=1S/C14H17BrClNO2/c1-2-19-13-3-5-17(6-4-13)14(18)10-7-11(15)9-12(16)8-10/h7-9,13H,2-6H2,1H3. The van der Waals surface area contributed by atoms with Crippen LogP contribution in [0.15, 0.2) is 22.7 Å². The van der Waals surface area contributed by atoms with Crippen molar-refractivity contribution < 1.29 is 9.53 Å². The Hall–Kier alpha value is -0.580. The van der Waals surface area contributed by atoms with E-state index in [1.54, 1.807) is 12.1 Å². The van der Waals surface area contributed by atoms with Crippen LogP contribution in [0.1, 0.15) is 30.1 Å². The first-order chi connectivity index (χ1) is 9.10. The summed E-state index contributed by atoms with van der Waals surface area (Å²) in [5, 5.41) is 0.571. The highest BCUT2D eigenvalue weighted by atomic mass is 79.9. The number of carbonyl (C=O) groups excluding carboxylic acids is 1. The van der Waals surface area contributed by atoms with Gasteiger partial charge in [0, 0.05) is 34.8 Å². The summed E-state index contributed by atoms with van der Waals surface area (Å²) in [5.41, 5.74) is 0.634. The molecular weight excluding hydrogens is 330 g/mol. The molecule has 1 heterocycles. The predicted molar refractivity (Wildman–Crippen MR) is 79.7 cm³/mol. The van der Waals surface area contributed by atoms with Crippen molar-refractivity contribution in [1.29, 1.82) is 0 Å². The van der Waals surface area contributed by atoms with Crippen molar-refractivity contribution >= 4 is 33.4 Å². The maximum atomic E-state index is 12.4. The Morgan fingerprint density at radius 2 is 2.11 bits per heavy atom. The summed E-state index contributed by atoms with van der Waals surface area (Å²) in [6, 6.07) is 5.30. The number of benzene rings is 1. The smallest absolute Gasteiger partial charge is 0.253 e. The van der Waals surface area contributed by atoms with Gasteiger partial charge in [-0.25, -0.2) is 0 Å². The molecule has 2 rings (SSSR count). The van der Waals surface area contributed by atoms with E-state index in [-0.39, 0.29) is 5.91 Å². The molecule has 1 fully saturated rings. The average Bonchev–Trinajstić information content (AvgIpc) is 2.38. The van der Waals surface area contributed by atoms with Crippen LogP contribution in [-0.2, 0) is 4.74 Å². The van der Waals surface area contributed by atoms with E-state index >= 15 is 0 Å². The number of nitrogens with zero attached hydrogens (tertiary/aromatic N) is 1. The molecule has 0 saturated carbocycles. The van der Waals surface area contributed by atoms with Crippen molar-refractivity contribution in [2.45, 2.75) is 25.9 Å². The lowest BCUT2D eigenvalue weighted by Gasteiger charge is -2.31. The van der Waals surface area contributed by atoms with Crippen molar-refractivity contribution in [3.8, 4) is 0 Å². The van der Waals surface area contributed by atoms with Gasteiger partial charge in [0.15, 0.2) is 0 Å². The minimum atomic E-state index is 0.0400. The van der Waals surface area contributed by atoms with Crippen LogP contribution in [0.5, 0.6) is 0 Å². The number of piperidine rings is 1. The summed E-state index contributed by atoms with van der Waals surface area (Å²) >= 11 is 9.34. The molecule has 0 bridgehead atoms. The van der Waals surface area contributed by atoms with E-state index in [1.807, 2.05) is 17.9 Å². The van der Waals surface area contributed by atoms with Gasteiger partial charge >= 0.3 is 0 Å². The lowest BCUT2D eigenvalue weighted by Crippen LogP contribution is -2.40. The average molecular weight is 347 g/mol. The minimum absolute atomic E-state index is 0.0400. The number of likely N-dealkylation sites (tertiary alicyclic amines) is 1. The van der Waals surface area contributed by atoms with Crippen LogP contribution >= 0.6 is 27.5 Å². The van der Waals surface area contributed by atoms with E-state index in [1.165, 1.54) is 0 Å². The molecule has 3 nitrogen and oxygen atoms in total. The fourth-order valence-electron chi connectivity index (χ4n) is 2.32. The quantitative estimate of drug-likeness (QED) is 0.834. The Morgan fingerprint density at radius 3 is 2.68 bits per heavy atom. The summed E-state index contributed by atoms with van der Waals surface area (Å²) in [6.45, 7) is 4.22. The minimum Gasteiger partial charge on any atom is -0.378 e. The lowest BCUT2D eigenvalue weighted by molar-refractivity contribution is 0.0146. The molecule has 1 amide bonds. The fourth-order valence-corrected chi connectivity index (χ4v) is 3.18. The largest absolute Gasteiger partial charge is 0.378 e. The summed E-state index contributed by atoms with van der Waals surface area (Å²) in [4.78, 5) is 14.2. The first-order valence-corrected chi connectivity index (χ1v) is 7.64. The van der Waals surface area contributed by atoms with Crippen molar-refractivity contribution in [2.75, 3.05) is 19.7 Å². The van der Waals surface area contributed by atoms with Crippen molar-refractivity contribution in [3.63, 3.8) is 0 Å². The van der Waals surface area contributed by atoms with E-state index in [0.717, 1.165) is 37.0 Å². The Bertz CT molecular complexity index is 439. The van der Waals surface area contributed by atoms with E-state index in [0.29, 0.717) is 16.7 Å². The van der Waals surface area contributed by atoms with E-state index in [2.05, 4.69) is 15.9 Å². The molecular formula is C14H17BrClNO2. The molecule has 1 saturated heterocycles. The van der Waals surface area contributed by atoms with Gasteiger partial charge in [0.1, 0.15) is 0 Å². The SMILES string of the molecule is CCOC1CCN(C(=O)c2cc(Cl)cc(Br)c2)CC1. The zero-order valence-electron chi connectivity index (χ0n) is 10.9. The van der Waals surface area contributed by atoms with Gasteiger partial charge in [0.05, 0.1) is 6.10 Å². The van der Waals surface area contributed by atoms with Crippen molar-refractivity contribution in [2.24, 2.45) is 0 Å². The van der Waals surface area contributed by atoms with Gasteiger partial charge in [0.25, 0.3) is 5.91 Å². The maximum Gasteiger partial charge on any atom is 0.253 e. The third-order valence-corrected chi connectivity index (χ3v) is 3.92. The van der Waals surface area contributed by atoms with Crippen LogP contribution in [0.3, 0.4) is 0 Å². The third-order valence-electron chi connectivity index (χ3n) is 3.24. The molecule has 0 atom stereocenters. The van der Waals surface area contributed by atoms with Gasteiger partial charge < -0.3 is 9.64 Å². The van der Waals surface area contributed by atoms with Gasteiger partial charge in [-0.05, 0) is 38.0 Å². The van der Waals surface area contributed by atoms with Crippen molar-refractivity contribution in [3.05, 3.63) is 33.3 Å². The summed E-state index contributed by atoms with van der Waals surface area (Å²) in [6.07, 6.45) is 2.10. The van der Waals surface area contributed by atoms with Crippen LogP contribution in [0.25, 0.3) is 0 Å². The fraction of sp³-hybridized carbons (Fsp3) is 0.500. The Kier molecular flexibility index (Phi) is 5.25. The topological polar surface area (TPSA) is 29.5 Å². The third kappa shape index (κ3) is 3.94. The molecule has 19 heavy (non-hydrogen) atoms. The monoisotopic (exact) mass is 345 g/mol. The molecule has 1 aromatic rings. The van der Waals surface area contributed by atoms with Crippen LogP contribution in [-0.4, -0.2) is 36.6 Å². The normalized spacial score (nSPS) is 16.7. The zero-order chi connectivity index (χ0) is 13.8. The Balaban J connectivity index is 2.01. The second-order valence-electron chi connectivity index (χ2n) is 4.61. The number of hydrogen-bond acceptors (Lipinski definition) is 2. The summed E-state index contributed by atoms with van der Waals surface area (Å²) < 4.78 is 6.41. The zero-order valence-corrected chi connectivity index (χ0v) is 13.2. The molecule has 0 unspecified atom stereocenters. The van der Waals surface area contributed by atoms with E-state index < -0.39 is 0 Å². The molecule has 1 aliphatic heterocycles. The number of rotatable bonds is 3. The number of ether oxygens (including phenoxy) is 1. The molecule has 1 aromatic carbocycles. The van der Waals surface area contributed by atoms with Gasteiger partial charge in [-0.3, -0.25) is 4.79 Å². The van der Waals surface area contributed by atoms with Gasteiger partial charge in [-0.1, -0.05) is 27.5 Å². The molecule has 0 radical (unpaired) electrons. The number of halogens is 2. The molecule has 0 N–H and O–H groups in total. The molecule has 1 aliphatic rings. The Morgan fingerprint density at radius 1 is 1.42 bits per heavy atom. The maximum absolute atomic E-state index is 12.4. The van der Waals surface area contributed by atoms with Crippen LogP contribution in [0.2, 0.25) is 5.02 Å². The number of amides is 1. The van der Waals surface area contributed by atoms with Crippen molar-refractivity contribution in [1.82, 2.24) is 4.90 Å². The first-order valence-electron chi connectivity index (χ1n) is 6.47. The van der Waals surface area contributed by atoms with Gasteiger partial charge in [-0.15, -0.1) is 0 Å². The predicted octanol–water partition coefficient (Wildman–Crippen LogP) is 3.74. The van der Waals surface area contributed by atoms with Crippen LogP contribution in [0, 0.1) is 0 Å².